The van der Waals surface area contributed by atoms with Gasteiger partial charge in [0.1, 0.15) is 13.2 Å². The van der Waals surface area contributed by atoms with E-state index in [4.69, 9.17) is 4.99 Å². The number of phenols is 1. The number of aliphatic hydroxyl groups is 1. The third kappa shape index (κ3) is 2.05. The van der Waals surface area contributed by atoms with Crippen molar-refractivity contribution in [2.75, 3.05) is 25.5 Å². The van der Waals surface area contributed by atoms with Crippen LogP contribution in [0, 0.1) is 0 Å². The lowest BCUT2D eigenvalue weighted by atomic mass is 9.71. The van der Waals surface area contributed by atoms with Crippen LogP contribution in [0.2, 0.25) is 0 Å². The van der Waals surface area contributed by atoms with Gasteiger partial charge in [-0.15, -0.1) is 0 Å². The molecule has 3 heterocycles. The van der Waals surface area contributed by atoms with Crippen molar-refractivity contribution >= 4 is 55.0 Å². The van der Waals surface area contributed by atoms with Crippen molar-refractivity contribution in [2.45, 2.75) is 24.4 Å². The average molecular weight is 480 g/mol. The zero-order valence-electron chi connectivity index (χ0n) is 14.2. The van der Waals surface area contributed by atoms with Crippen LogP contribution in [-0.2, 0) is 5.41 Å². The van der Waals surface area contributed by atoms with Gasteiger partial charge in [0.2, 0.25) is 5.75 Å². The SMILES string of the molecule is C[N+]1=CC2=c3c1c(O)c1c(c3=NCC2)C2(C=C(Br)C(O)C(Br)=C2)CCN1. The number of nitrogens with zero attached hydrogens (tertiary/aromatic N) is 2. The number of aromatic hydroxyl groups is 1. The maximum absolute atomic E-state index is 11.1. The first-order valence-corrected chi connectivity index (χ1v) is 10.2. The highest BCUT2D eigenvalue weighted by Gasteiger charge is 2.43. The van der Waals surface area contributed by atoms with E-state index in [1.165, 1.54) is 5.57 Å². The van der Waals surface area contributed by atoms with E-state index >= 15 is 0 Å². The minimum absolute atomic E-state index is 0.281. The minimum Gasteiger partial charge on any atom is -0.501 e. The van der Waals surface area contributed by atoms with Crippen LogP contribution < -0.4 is 15.9 Å². The van der Waals surface area contributed by atoms with Gasteiger partial charge in [0.25, 0.3) is 5.69 Å². The summed E-state index contributed by atoms with van der Waals surface area (Å²) in [6, 6.07) is 0. The Morgan fingerprint density at radius 1 is 1.31 bits per heavy atom. The largest absolute Gasteiger partial charge is 0.501 e. The summed E-state index contributed by atoms with van der Waals surface area (Å²) in [5, 5.41) is 26.8. The molecular weight excluding hydrogens is 462 g/mol. The summed E-state index contributed by atoms with van der Waals surface area (Å²) in [4.78, 5) is 4.88. The second-order valence-corrected chi connectivity index (χ2v) is 9.08. The lowest BCUT2D eigenvalue weighted by Crippen LogP contribution is -2.45. The Labute approximate surface area is 167 Å². The third-order valence-corrected chi connectivity index (χ3v) is 7.04. The highest BCUT2D eigenvalue weighted by molar-refractivity contribution is 9.12. The molecule has 1 aromatic rings. The number of nitrogens with one attached hydrogen (secondary N) is 1. The van der Waals surface area contributed by atoms with Crippen LogP contribution in [0.3, 0.4) is 0 Å². The summed E-state index contributed by atoms with van der Waals surface area (Å²) in [7, 11) is 1.97. The van der Waals surface area contributed by atoms with Crippen LogP contribution in [0.4, 0.5) is 11.4 Å². The van der Waals surface area contributed by atoms with Gasteiger partial charge in [-0.2, -0.15) is 4.58 Å². The topological polar surface area (TPSA) is 67.9 Å². The molecule has 5 rings (SSSR count). The van der Waals surface area contributed by atoms with Crippen LogP contribution in [0.1, 0.15) is 18.4 Å². The van der Waals surface area contributed by atoms with Crippen molar-refractivity contribution in [2.24, 2.45) is 4.99 Å². The molecule has 0 radical (unpaired) electrons. The van der Waals surface area contributed by atoms with Gasteiger partial charge in [-0.25, -0.2) is 0 Å². The number of allylic oxidation sites excluding steroid dienone is 2. The molecule has 0 fully saturated rings. The monoisotopic (exact) mass is 478 g/mol. The third-order valence-electron chi connectivity index (χ3n) is 5.72. The van der Waals surface area contributed by atoms with Crippen LogP contribution in [0.5, 0.6) is 5.75 Å². The normalized spacial score (nSPS) is 28.5. The summed E-state index contributed by atoms with van der Waals surface area (Å²) >= 11 is 7.05. The molecule has 1 aliphatic carbocycles. The van der Waals surface area contributed by atoms with Crippen molar-refractivity contribution in [3.05, 3.63) is 37.3 Å². The molecule has 1 spiro atoms. The molecule has 0 unspecified atom stereocenters. The molecule has 0 saturated heterocycles. The van der Waals surface area contributed by atoms with E-state index in [0.29, 0.717) is 0 Å². The maximum atomic E-state index is 11.1. The van der Waals surface area contributed by atoms with Crippen LogP contribution in [0.25, 0.3) is 5.57 Å². The highest BCUT2D eigenvalue weighted by Crippen LogP contribution is 2.48. The Balaban J connectivity index is 1.93. The molecule has 3 N–H and O–H groups in total. The lowest BCUT2D eigenvalue weighted by molar-refractivity contribution is -0.397. The quantitative estimate of drug-likeness (QED) is 0.393. The van der Waals surface area contributed by atoms with E-state index in [9.17, 15) is 10.2 Å². The van der Waals surface area contributed by atoms with Gasteiger partial charge in [-0.1, -0.05) is 44.0 Å². The zero-order chi connectivity index (χ0) is 18.2. The van der Waals surface area contributed by atoms with Crippen molar-refractivity contribution in [1.82, 2.24) is 0 Å². The summed E-state index contributed by atoms with van der Waals surface area (Å²) < 4.78 is 3.46. The fourth-order valence-electron chi connectivity index (χ4n) is 4.61. The van der Waals surface area contributed by atoms with Gasteiger partial charge in [0.05, 0.1) is 16.3 Å². The Morgan fingerprint density at radius 3 is 2.77 bits per heavy atom. The molecule has 5 nitrogen and oxygen atoms in total. The summed E-state index contributed by atoms with van der Waals surface area (Å²) in [6.45, 7) is 1.48. The molecular formula is C19H18Br2N3O2+. The number of aliphatic hydroxyl groups excluding tert-OH is 1. The predicted octanol–water partition coefficient (Wildman–Crippen LogP) is 1.91. The van der Waals surface area contributed by atoms with Crippen LogP contribution in [-0.4, -0.2) is 47.2 Å². The Bertz CT molecular complexity index is 1070. The maximum Gasteiger partial charge on any atom is 0.259 e. The van der Waals surface area contributed by atoms with Gasteiger partial charge < -0.3 is 15.5 Å². The molecule has 0 atom stereocenters. The van der Waals surface area contributed by atoms with E-state index < -0.39 is 11.5 Å². The molecule has 7 heteroatoms. The molecule has 3 aliphatic heterocycles. The molecule has 1 aromatic carbocycles. The number of halogens is 2. The molecule has 26 heavy (non-hydrogen) atoms. The molecule has 0 saturated carbocycles. The summed E-state index contributed by atoms with van der Waals surface area (Å²) in [6.07, 6.45) is 7.26. The zero-order valence-corrected chi connectivity index (χ0v) is 17.4. The van der Waals surface area contributed by atoms with Gasteiger partial charge in [-0.05, 0) is 12.8 Å². The van der Waals surface area contributed by atoms with E-state index in [1.807, 2.05) is 11.6 Å². The van der Waals surface area contributed by atoms with Crippen LogP contribution in [0.15, 0.2) is 26.1 Å². The minimum atomic E-state index is -0.683. The van der Waals surface area contributed by atoms with Crippen LogP contribution >= 0.6 is 31.9 Å². The van der Waals surface area contributed by atoms with Crippen molar-refractivity contribution in [1.29, 1.82) is 0 Å². The average Bonchev–Trinajstić information content (AvgIpc) is 2.94. The highest BCUT2D eigenvalue weighted by atomic mass is 79.9. The second kappa shape index (κ2) is 5.53. The van der Waals surface area contributed by atoms with Crippen molar-refractivity contribution in [3.8, 4) is 5.75 Å². The smallest absolute Gasteiger partial charge is 0.259 e. The fraction of sp³-hybridized carbons (Fsp3) is 0.368. The Hall–Kier alpha value is -1.44. The first kappa shape index (κ1) is 16.7. The standard InChI is InChI=1S/C19H17Br2N3O2/c1-24-8-9-2-4-22-14-12(9)16(24)18(26)15-13(14)19(3-5-23-15)6-10(20)17(25)11(21)7-19/h6-8,17,25H,2-5H2,1H3,(H,22,23)/p+1. The molecule has 4 aliphatic rings. The van der Waals surface area contributed by atoms with E-state index in [0.717, 1.165) is 62.4 Å². The summed E-state index contributed by atoms with van der Waals surface area (Å²) in [5.74, 6) is 0.281. The van der Waals surface area contributed by atoms with Gasteiger partial charge in [-0.3, -0.25) is 4.99 Å². The lowest BCUT2D eigenvalue weighted by Gasteiger charge is -2.39. The van der Waals surface area contributed by atoms with Crippen molar-refractivity contribution < 1.29 is 14.8 Å². The molecule has 134 valence electrons. The van der Waals surface area contributed by atoms with E-state index in [1.54, 1.807) is 0 Å². The van der Waals surface area contributed by atoms with Gasteiger partial charge in [0, 0.05) is 38.6 Å². The molecule has 0 aromatic heterocycles. The number of anilines is 1. The first-order chi connectivity index (χ1) is 12.4. The number of hydrogen-bond donors (Lipinski definition) is 3. The van der Waals surface area contributed by atoms with Gasteiger partial charge in [0.15, 0.2) is 6.21 Å². The second-order valence-electron chi connectivity index (χ2n) is 7.25. The van der Waals surface area contributed by atoms with Crippen molar-refractivity contribution in [3.63, 3.8) is 0 Å². The first-order valence-electron chi connectivity index (χ1n) is 8.66. The van der Waals surface area contributed by atoms with E-state index in [-0.39, 0.29) is 5.75 Å². The number of phenolic OH excluding ortho intramolecular Hbond substituents is 1. The predicted molar refractivity (Wildman–Crippen MR) is 108 cm³/mol. The Morgan fingerprint density at radius 2 is 2.04 bits per heavy atom. The Kier molecular flexibility index (Phi) is 3.56. The number of benzene rings is 1. The number of rotatable bonds is 0. The summed E-state index contributed by atoms with van der Waals surface area (Å²) in [5.41, 5.74) is 3.40. The fourth-order valence-corrected chi connectivity index (χ4v) is 6.23. The molecule has 0 bridgehead atoms. The van der Waals surface area contributed by atoms with Gasteiger partial charge >= 0.3 is 0 Å². The molecule has 0 amide bonds. The number of hydrogen-bond acceptors (Lipinski definition) is 4. The number of fused-ring (bicyclic) bond motifs is 3. The van der Waals surface area contributed by atoms with E-state index in [2.05, 4.69) is 55.5 Å².